The van der Waals surface area contributed by atoms with Crippen molar-refractivity contribution in [2.75, 3.05) is 0 Å². The summed E-state index contributed by atoms with van der Waals surface area (Å²) in [4.78, 5) is 18.7. The Kier molecular flexibility index (Phi) is 3.53. The van der Waals surface area contributed by atoms with Crippen LogP contribution in [0.15, 0.2) is 35.8 Å². The molecule has 0 atom stereocenters. The SMILES string of the molecule is O=C(c1ccccc1Cl)N(Cc1nccs1)C1CC1. The molecule has 1 aliphatic carbocycles. The molecule has 5 heteroatoms. The summed E-state index contributed by atoms with van der Waals surface area (Å²) in [5, 5.41) is 3.41. The predicted molar refractivity (Wildman–Crippen MR) is 76.5 cm³/mol. The molecule has 1 aromatic carbocycles. The van der Waals surface area contributed by atoms with Crippen LogP contribution in [0.2, 0.25) is 5.02 Å². The second-order valence-electron chi connectivity index (χ2n) is 4.57. The fourth-order valence-electron chi connectivity index (χ4n) is 2.02. The van der Waals surface area contributed by atoms with Gasteiger partial charge in [-0.2, -0.15) is 0 Å². The van der Waals surface area contributed by atoms with E-state index in [0.717, 1.165) is 17.8 Å². The molecule has 3 rings (SSSR count). The van der Waals surface area contributed by atoms with Crippen molar-refractivity contribution in [1.82, 2.24) is 9.88 Å². The lowest BCUT2D eigenvalue weighted by Gasteiger charge is -2.21. The molecule has 0 radical (unpaired) electrons. The summed E-state index contributed by atoms with van der Waals surface area (Å²) >= 11 is 7.68. The minimum atomic E-state index is 0.00306. The number of nitrogens with zero attached hydrogens (tertiary/aromatic N) is 2. The molecular formula is C14H13ClN2OS. The maximum Gasteiger partial charge on any atom is 0.255 e. The molecule has 3 nitrogen and oxygen atoms in total. The highest BCUT2D eigenvalue weighted by Crippen LogP contribution is 2.31. The molecule has 0 saturated heterocycles. The number of rotatable bonds is 4. The molecule has 1 heterocycles. The Labute approximate surface area is 120 Å². The molecule has 0 N–H and O–H groups in total. The normalized spacial score (nSPS) is 14.4. The molecule has 1 aliphatic rings. The summed E-state index contributed by atoms with van der Waals surface area (Å²) in [7, 11) is 0. The van der Waals surface area contributed by atoms with Gasteiger partial charge in [0.1, 0.15) is 5.01 Å². The fourth-order valence-corrected chi connectivity index (χ4v) is 2.85. The molecule has 19 heavy (non-hydrogen) atoms. The van der Waals surface area contributed by atoms with Crippen LogP contribution in [-0.4, -0.2) is 21.8 Å². The predicted octanol–water partition coefficient (Wildman–Crippen LogP) is 3.60. The number of thiazole rings is 1. The Balaban J connectivity index is 1.84. The van der Waals surface area contributed by atoms with Gasteiger partial charge in [0.15, 0.2) is 0 Å². The number of benzene rings is 1. The van der Waals surface area contributed by atoms with E-state index >= 15 is 0 Å². The van der Waals surface area contributed by atoms with Gasteiger partial charge in [0.2, 0.25) is 0 Å². The van der Waals surface area contributed by atoms with Crippen LogP contribution < -0.4 is 0 Å². The smallest absolute Gasteiger partial charge is 0.255 e. The minimum absolute atomic E-state index is 0.00306. The number of aromatic nitrogens is 1. The molecule has 1 fully saturated rings. The van der Waals surface area contributed by atoms with Crippen molar-refractivity contribution < 1.29 is 4.79 Å². The third-order valence-corrected chi connectivity index (χ3v) is 4.24. The average Bonchev–Trinajstić information content (AvgIpc) is 3.13. The monoisotopic (exact) mass is 292 g/mol. The molecule has 0 aliphatic heterocycles. The van der Waals surface area contributed by atoms with E-state index in [0.29, 0.717) is 23.2 Å². The summed E-state index contributed by atoms with van der Waals surface area (Å²) in [5.41, 5.74) is 0.577. The summed E-state index contributed by atoms with van der Waals surface area (Å²) in [6.45, 7) is 0.576. The van der Waals surface area contributed by atoms with Crippen LogP contribution in [0.25, 0.3) is 0 Å². The molecule has 98 valence electrons. The zero-order valence-corrected chi connectivity index (χ0v) is 11.8. The van der Waals surface area contributed by atoms with E-state index in [1.54, 1.807) is 29.7 Å². The van der Waals surface area contributed by atoms with E-state index in [2.05, 4.69) is 4.98 Å². The van der Waals surface area contributed by atoms with Gasteiger partial charge < -0.3 is 4.90 Å². The van der Waals surface area contributed by atoms with Crippen molar-refractivity contribution in [3.8, 4) is 0 Å². The maximum atomic E-state index is 12.6. The Morgan fingerprint density at radius 1 is 1.42 bits per heavy atom. The number of amides is 1. The van der Waals surface area contributed by atoms with Crippen LogP contribution in [0.1, 0.15) is 28.2 Å². The van der Waals surface area contributed by atoms with Crippen LogP contribution in [0, 0.1) is 0 Å². The third-order valence-electron chi connectivity index (χ3n) is 3.14. The zero-order chi connectivity index (χ0) is 13.2. The number of carbonyl (C=O) groups is 1. The Morgan fingerprint density at radius 3 is 2.84 bits per heavy atom. The molecule has 1 aromatic heterocycles. The number of carbonyl (C=O) groups excluding carboxylic acids is 1. The van der Waals surface area contributed by atoms with E-state index in [4.69, 9.17) is 11.6 Å². The van der Waals surface area contributed by atoms with Crippen molar-refractivity contribution in [3.05, 3.63) is 51.4 Å². The summed E-state index contributed by atoms with van der Waals surface area (Å²) in [5.74, 6) is 0.00306. The lowest BCUT2D eigenvalue weighted by molar-refractivity contribution is 0.0730. The van der Waals surface area contributed by atoms with Gasteiger partial charge in [-0.1, -0.05) is 23.7 Å². The van der Waals surface area contributed by atoms with Crippen LogP contribution >= 0.6 is 22.9 Å². The minimum Gasteiger partial charge on any atom is -0.329 e. The Morgan fingerprint density at radius 2 is 2.21 bits per heavy atom. The molecule has 0 spiro atoms. The van der Waals surface area contributed by atoms with Crippen molar-refractivity contribution in [3.63, 3.8) is 0 Å². The van der Waals surface area contributed by atoms with Gasteiger partial charge in [-0.15, -0.1) is 11.3 Å². The van der Waals surface area contributed by atoms with Crippen LogP contribution in [0.5, 0.6) is 0 Å². The van der Waals surface area contributed by atoms with Crippen molar-refractivity contribution in [1.29, 1.82) is 0 Å². The van der Waals surface area contributed by atoms with E-state index in [9.17, 15) is 4.79 Å². The fraction of sp³-hybridized carbons (Fsp3) is 0.286. The number of hydrogen-bond acceptors (Lipinski definition) is 3. The zero-order valence-electron chi connectivity index (χ0n) is 10.3. The highest BCUT2D eigenvalue weighted by molar-refractivity contribution is 7.09. The van der Waals surface area contributed by atoms with Gasteiger partial charge in [-0.25, -0.2) is 4.98 Å². The topological polar surface area (TPSA) is 33.2 Å². The lowest BCUT2D eigenvalue weighted by Crippen LogP contribution is -2.32. The highest BCUT2D eigenvalue weighted by Gasteiger charge is 2.34. The molecule has 0 unspecified atom stereocenters. The van der Waals surface area contributed by atoms with Gasteiger partial charge >= 0.3 is 0 Å². The van der Waals surface area contributed by atoms with Crippen LogP contribution in [-0.2, 0) is 6.54 Å². The van der Waals surface area contributed by atoms with Gasteiger partial charge in [0, 0.05) is 17.6 Å². The maximum absolute atomic E-state index is 12.6. The van der Waals surface area contributed by atoms with Gasteiger partial charge in [-0.05, 0) is 25.0 Å². The Bertz CT molecular complexity index is 581. The van der Waals surface area contributed by atoms with Gasteiger partial charge in [0.05, 0.1) is 17.1 Å². The summed E-state index contributed by atoms with van der Waals surface area (Å²) in [6, 6.07) is 7.55. The quantitative estimate of drug-likeness (QED) is 0.862. The Hall–Kier alpha value is -1.39. The first-order chi connectivity index (χ1) is 9.25. The van der Waals surface area contributed by atoms with Gasteiger partial charge in [0.25, 0.3) is 5.91 Å². The van der Waals surface area contributed by atoms with Crippen molar-refractivity contribution in [2.24, 2.45) is 0 Å². The lowest BCUT2D eigenvalue weighted by atomic mass is 10.2. The number of hydrogen-bond donors (Lipinski definition) is 0. The van der Waals surface area contributed by atoms with Crippen molar-refractivity contribution in [2.45, 2.75) is 25.4 Å². The largest absolute Gasteiger partial charge is 0.329 e. The average molecular weight is 293 g/mol. The second-order valence-corrected chi connectivity index (χ2v) is 5.96. The number of halogens is 1. The molecule has 0 bridgehead atoms. The van der Waals surface area contributed by atoms with E-state index in [1.807, 2.05) is 22.4 Å². The first-order valence-electron chi connectivity index (χ1n) is 6.19. The van der Waals surface area contributed by atoms with Crippen LogP contribution in [0.3, 0.4) is 0 Å². The first kappa shape index (κ1) is 12.6. The molecule has 1 amide bonds. The second kappa shape index (κ2) is 5.31. The molecule has 2 aromatic rings. The van der Waals surface area contributed by atoms with Crippen LogP contribution in [0.4, 0.5) is 0 Å². The first-order valence-corrected chi connectivity index (χ1v) is 7.45. The van der Waals surface area contributed by atoms with E-state index in [-0.39, 0.29) is 5.91 Å². The van der Waals surface area contributed by atoms with E-state index < -0.39 is 0 Å². The summed E-state index contributed by atoms with van der Waals surface area (Å²) in [6.07, 6.45) is 3.91. The standard InChI is InChI=1S/C14H13ClN2OS/c15-12-4-2-1-3-11(12)14(18)17(10-5-6-10)9-13-16-7-8-19-13/h1-4,7-8,10H,5-6,9H2. The molecule has 1 saturated carbocycles. The molecular weight excluding hydrogens is 280 g/mol. The van der Waals surface area contributed by atoms with Gasteiger partial charge in [-0.3, -0.25) is 4.79 Å². The third kappa shape index (κ3) is 2.80. The highest BCUT2D eigenvalue weighted by atomic mass is 35.5. The van der Waals surface area contributed by atoms with Crippen molar-refractivity contribution >= 4 is 28.8 Å². The van der Waals surface area contributed by atoms with E-state index in [1.165, 1.54) is 0 Å². The summed E-state index contributed by atoms with van der Waals surface area (Å²) < 4.78 is 0.